The van der Waals surface area contributed by atoms with Crippen LogP contribution in [0.3, 0.4) is 0 Å². The van der Waals surface area contributed by atoms with Gasteiger partial charge in [-0.3, -0.25) is 4.79 Å². The third-order valence-corrected chi connectivity index (χ3v) is 4.00. The average Bonchev–Trinajstić information content (AvgIpc) is 2.97. The van der Waals surface area contributed by atoms with Gasteiger partial charge in [0, 0.05) is 26.2 Å². The van der Waals surface area contributed by atoms with Crippen LogP contribution in [0.5, 0.6) is 0 Å². The Morgan fingerprint density at radius 1 is 1.59 bits per heavy atom. The lowest BCUT2D eigenvalue weighted by atomic mass is 9.88. The molecule has 0 aromatic rings. The SMILES string of the molecule is CCN(CC1CCCO1)C(=O)C1(C)CCNC1. The van der Waals surface area contributed by atoms with Gasteiger partial charge in [0.05, 0.1) is 11.5 Å². The maximum Gasteiger partial charge on any atom is 0.229 e. The highest BCUT2D eigenvalue weighted by Gasteiger charge is 2.39. The van der Waals surface area contributed by atoms with Crippen molar-refractivity contribution < 1.29 is 9.53 Å². The molecule has 0 bridgehead atoms. The molecule has 0 aromatic heterocycles. The van der Waals surface area contributed by atoms with Gasteiger partial charge in [0.15, 0.2) is 0 Å². The molecule has 0 saturated carbocycles. The first-order chi connectivity index (χ1) is 8.15. The number of likely N-dealkylation sites (N-methyl/N-ethyl adjacent to an activating group) is 1. The molecule has 2 heterocycles. The van der Waals surface area contributed by atoms with E-state index in [0.29, 0.717) is 5.91 Å². The van der Waals surface area contributed by atoms with Crippen LogP contribution in [-0.4, -0.2) is 49.7 Å². The van der Waals surface area contributed by atoms with E-state index in [-0.39, 0.29) is 11.5 Å². The number of nitrogens with one attached hydrogen (secondary N) is 1. The van der Waals surface area contributed by atoms with Crippen LogP contribution in [0, 0.1) is 5.41 Å². The Balaban J connectivity index is 1.94. The first-order valence-corrected chi connectivity index (χ1v) is 6.77. The maximum absolute atomic E-state index is 12.5. The zero-order chi connectivity index (χ0) is 12.3. The van der Waals surface area contributed by atoms with Crippen molar-refractivity contribution in [1.29, 1.82) is 0 Å². The molecule has 2 atom stereocenters. The second-order valence-corrected chi connectivity index (χ2v) is 5.47. The van der Waals surface area contributed by atoms with Crippen molar-refractivity contribution in [3.05, 3.63) is 0 Å². The predicted molar refractivity (Wildman–Crippen MR) is 66.8 cm³/mol. The minimum absolute atomic E-state index is 0.200. The van der Waals surface area contributed by atoms with Gasteiger partial charge in [-0.15, -0.1) is 0 Å². The molecule has 0 aromatic carbocycles. The predicted octanol–water partition coefficient (Wildman–Crippen LogP) is 1.01. The number of nitrogens with zero attached hydrogens (tertiary/aromatic N) is 1. The fraction of sp³-hybridized carbons (Fsp3) is 0.923. The standard InChI is InChI=1S/C13H24N2O2/c1-3-15(9-11-5-4-8-17-11)12(16)13(2)6-7-14-10-13/h11,14H,3-10H2,1-2H3. The minimum Gasteiger partial charge on any atom is -0.376 e. The summed E-state index contributed by atoms with van der Waals surface area (Å²) in [4.78, 5) is 14.5. The summed E-state index contributed by atoms with van der Waals surface area (Å²) >= 11 is 0. The Hall–Kier alpha value is -0.610. The number of carbonyl (C=O) groups excluding carboxylic acids is 1. The van der Waals surface area contributed by atoms with Crippen molar-refractivity contribution >= 4 is 5.91 Å². The second kappa shape index (κ2) is 5.36. The Labute approximate surface area is 104 Å². The van der Waals surface area contributed by atoms with Crippen molar-refractivity contribution in [3.63, 3.8) is 0 Å². The smallest absolute Gasteiger partial charge is 0.229 e. The molecule has 2 aliphatic rings. The van der Waals surface area contributed by atoms with Crippen molar-refractivity contribution in [2.45, 2.75) is 39.2 Å². The lowest BCUT2D eigenvalue weighted by Gasteiger charge is -2.32. The van der Waals surface area contributed by atoms with Gasteiger partial charge in [0.25, 0.3) is 0 Å². The Morgan fingerprint density at radius 3 is 2.94 bits per heavy atom. The van der Waals surface area contributed by atoms with Gasteiger partial charge in [-0.2, -0.15) is 0 Å². The van der Waals surface area contributed by atoms with Crippen LogP contribution in [0.2, 0.25) is 0 Å². The molecule has 2 fully saturated rings. The number of carbonyl (C=O) groups is 1. The van der Waals surface area contributed by atoms with E-state index in [1.165, 1.54) is 0 Å². The number of hydrogen-bond acceptors (Lipinski definition) is 3. The lowest BCUT2D eigenvalue weighted by Crippen LogP contribution is -2.46. The van der Waals surface area contributed by atoms with E-state index in [1.54, 1.807) is 0 Å². The summed E-state index contributed by atoms with van der Waals surface area (Å²) in [6.07, 6.45) is 3.44. The normalized spacial score (nSPS) is 32.9. The Kier molecular flexibility index (Phi) is 4.05. The van der Waals surface area contributed by atoms with Crippen LogP contribution >= 0.6 is 0 Å². The summed E-state index contributed by atoms with van der Waals surface area (Å²) in [5.74, 6) is 0.292. The maximum atomic E-state index is 12.5. The molecule has 4 nitrogen and oxygen atoms in total. The molecule has 0 spiro atoms. The van der Waals surface area contributed by atoms with Gasteiger partial charge < -0.3 is 15.0 Å². The number of amides is 1. The zero-order valence-electron chi connectivity index (χ0n) is 11.0. The summed E-state index contributed by atoms with van der Waals surface area (Å²) in [7, 11) is 0. The van der Waals surface area contributed by atoms with Crippen molar-refractivity contribution in [3.8, 4) is 0 Å². The van der Waals surface area contributed by atoms with Crippen molar-refractivity contribution in [2.24, 2.45) is 5.41 Å². The van der Waals surface area contributed by atoms with Gasteiger partial charge in [-0.05, 0) is 39.7 Å². The highest BCUT2D eigenvalue weighted by Crippen LogP contribution is 2.27. The first-order valence-electron chi connectivity index (χ1n) is 6.77. The first kappa shape index (κ1) is 12.8. The van der Waals surface area contributed by atoms with Crippen LogP contribution < -0.4 is 5.32 Å². The highest BCUT2D eigenvalue weighted by molar-refractivity contribution is 5.83. The molecule has 98 valence electrons. The fourth-order valence-electron chi connectivity index (χ4n) is 2.77. The monoisotopic (exact) mass is 240 g/mol. The molecule has 2 aliphatic heterocycles. The topological polar surface area (TPSA) is 41.6 Å². The van der Waals surface area contributed by atoms with Gasteiger partial charge in [0.1, 0.15) is 0 Å². The molecule has 2 unspecified atom stereocenters. The summed E-state index contributed by atoms with van der Waals surface area (Å²) in [6, 6.07) is 0. The van der Waals surface area contributed by atoms with Crippen LogP contribution in [0.15, 0.2) is 0 Å². The molecule has 17 heavy (non-hydrogen) atoms. The molecular formula is C13H24N2O2. The fourth-order valence-corrected chi connectivity index (χ4v) is 2.77. The van der Waals surface area contributed by atoms with E-state index in [0.717, 1.165) is 52.0 Å². The molecule has 2 rings (SSSR count). The third-order valence-electron chi connectivity index (χ3n) is 4.00. The average molecular weight is 240 g/mol. The van der Waals surface area contributed by atoms with E-state index in [4.69, 9.17) is 4.74 Å². The van der Waals surface area contributed by atoms with E-state index >= 15 is 0 Å². The van der Waals surface area contributed by atoms with E-state index in [9.17, 15) is 4.79 Å². The molecule has 1 N–H and O–H groups in total. The number of hydrogen-bond donors (Lipinski definition) is 1. The molecule has 1 amide bonds. The molecule has 2 saturated heterocycles. The quantitative estimate of drug-likeness (QED) is 0.797. The highest BCUT2D eigenvalue weighted by atomic mass is 16.5. The van der Waals surface area contributed by atoms with Crippen LogP contribution in [-0.2, 0) is 9.53 Å². The van der Waals surface area contributed by atoms with Crippen LogP contribution in [0.1, 0.15) is 33.1 Å². The molecule has 4 heteroatoms. The summed E-state index contributed by atoms with van der Waals surface area (Å²) < 4.78 is 5.62. The zero-order valence-corrected chi connectivity index (χ0v) is 11.0. The van der Waals surface area contributed by atoms with Gasteiger partial charge in [0.2, 0.25) is 5.91 Å². The number of rotatable bonds is 4. The largest absolute Gasteiger partial charge is 0.376 e. The minimum atomic E-state index is -0.200. The second-order valence-electron chi connectivity index (χ2n) is 5.47. The van der Waals surface area contributed by atoms with Crippen molar-refractivity contribution in [2.75, 3.05) is 32.8 Å². The van der Waals surface area contributed by atoms with E-state index < -0.39 is 0 Å². The van der Waals surface area contributed by atoms with Crippen LogP contribution in [0.4, 0.5) is 0 Å². The van der Waals surface area contributed by atoms with E-state index in [2.05, 4.69) is 19.2 Å². The molecule has 0 radical (unpaired) electrons. The van der Waals surface area contributed by atoms with Gasteiger partial charge in [-0.1, -0.05) is 0 Å². The summed E-state index contributed by atoms with van der Waals surface area (Å²) in [5.41, 5.74) is -0.200. The Morgan fingerprint density at radius 2 is 2.41 bits per heavy atom. The lowest BCUT2D eigenvalue weighted by molar-refractivity contribution is -0.141. The van der Waals surface area contributed by atoms with Gasteiger partial charge >= 0.3 is 0 Å². The van der Waals surface area contributed by atoms with Crippen LogP contribution in [0.25, 0.3) is 0 Å². The molecular weight excluding hydrogens is 216 g/mol. The van der Waals surface area contributed by atoms with Gasteiger partial charge in [-0.25, -0.2) is 0 Å². The molecule has 0 aliphatic carbocycles. The van der Waals surface area contributed by atoms with E-state index in [1.807, 2.05) is 4.90 Å². The summed E-state index contributed by atoms with van der Waals surface area (Å²) in [5, 5.41) is 3.29. The number of ether oxygens (including phenoxy) is 1. The van der Waals surface area contributed by atoms with Crippen molar-refractivity contribution in [1.82, 2.24) is 10.2 Å². The summed E-state index contributed by atoms with van der Waals surface area (Å²) in [6.45, 7) is 8.31. The Bertz CT molecular complexity index is 269. The third kappa shape index (κ3) is 2.80.